The molecule has 43 heavy (non-hydrogen) atoms. The van der Waals surface area contributed by atoms with Crippen molar-refractivity contribution in [1.82, 2.24) is 14.9 Å². The normalized spacial score (nSPS) is 14.9. The molecule has 0 aliphatic carbocycles. The average Bonchev–Trinajstić information content (AvgIpc) is 3.04. The van der Waals surface area contributed by atoms with Gasteiger partial charge >= 0.3 is 0 Å². The number of benzene rings is 2. The van der Waals surface area contributed by atoms with Crippen molar-refractivity contribution in [2.75, 3.05) is 42.5 Å². The number of nitrogens with zero attached hydrogens (tertiary/aromatic N) is 6. The molecule has 2 aliphatic heterocycles. The number of pyridine rings is 2. The summed E-state index contributed by atoms with van der Waals surface area (Å²) in [6.45, 7) is 13.6. The van der Waals surface area contributed by atoms with Crippen LogP contribution < -0.4 is 14.5 Å². The van der Waals surface area contributed by atoms with Crippen molar-refractivity contribution < 1.29 is 9.53 Å². The van der Waals surface area contributed by atoms with Crippen molar-refractivity contribution in [3.05, 3.63) is 95.3 Å². The molecule has 1 saturated heterocycles. The molecule has 1 amide bonds. The lowest BCUT2D eigenvalue weighted by molar-refractivity contribution is -0.126. The number of fused-ring (bicyclic) bond motifs is 2. The highest BCUT2D eigenvalue weighted by Crippen LogP contribution is 2.40. The van der Waals surface area contributed by atoms with Gasteiger partial charge in [-0.05, 0) is 48.4 Å². The van der Waals surface area contributed by atoms with Gasteiger partial charge in [0.15, 0.2) is 5.75 Å². The van der Waals surface area contributed by atoms with Gasteiger partial charge in [-0.2, -0.15) is 10.2 Å². The lowest BCUT2D eigenvalue weighted by atomic mass is 9.94. The molecule has 0 atom stereocenters. The topological polar surface area (TPSA) is 85.6 Å². The SMILES string of the molecule is C=CC(=O)N1CCN(c2nc(Oc3c(C)ccnc3C(C)C)c(C#N)c3c2CCN(c2cccc4ccccc24)C3)CC1. The third kappa shape index (κ3) is 5.27. The second-order valence-electron chi connectivity index (χ2n) is 11.5. The quantitative estimate of drug-likeness (QED) is 0.257. The average molecular weight is 573 g/mol. The minimum absolute atomic E-state index is 0.0579. The number of hydrogen-bond donors (Lipinski definition) is 0. The molecule has 0 spiro atoms. The van der Waals surface area contributed by atoms with Crippen molar-refractivity contribution in [1.29, 1.82) is 5.26 Å². The molecule has 8 nitrogen and oxygen atoms in total. The summed E-state index contributed by atoms with van der Waals surface area (Å²) in [6.07, 6.45) is 3.90. The number of aromatic nitrogens is 2. The summed E-state index contributed by atoms with van der Waals surface area (Å²) in [5.41, 5.74) is 5.41. The highest BCUT2D eigenvalue weighted by molar-refractivity contribution is 5.94. The second-order valence-corrected chi connectivity index (χ2v) is 11.5. The number of carbonyl (C=O) groups excluding carboxylic acids is 1. The molecule has 0 radical (unpaired) electrons. The highest BCUT2D eigenvalue weighted by Gasteiger charge is 2.31. The van der Waals surface area contributed by atoms with E-state index in [4.69, 9.17) is 9.72 Å². The molecule has 6 rings (SSSR count). The number of aryl methyl sites for hydroxylation is 1. The van der Waals surface area contributed by atoms with E-state index in [0.29, 0.717) is 49.9 Å². The Bertz CT molecular complexity index is 1740. The van der Waals surface area contributed by atoms with Crippen LogP contribution in [0.15, 0.2) is 67.4 Å². The molecule has 0 saturated carbocycles. The molecule has 0 N–H and O–H groups in total. The van der Waals surface area contributed by atoms with Crippen LogP contribution in [0.3, 0.4) is 0 Å². The van der Waals surface area contributed by atoms with Crippen LogP contribution >= 0.6 is 0 Å². The van der Waals surface area contributed by atoms with Crippen LogP contribution in [0.2, 0.25) is 0 Å². The first-order valence-corrected chi connectivity index (χ1v) is 14.9. The number of hydrogen-bond acceptors (Lipinski definition) is 7. The molecule has 4 heterocycles. The molecule has 2 aromatic heterocycles. The van der Waals surface area contributed by atoms with Crippen LogP contribution in [0, 0.1) is 18.3 Å². The number of nitriles is 1. The Hall–Kier alpha value is -4.90. The minimum Gasteiger partial charge on any atom is -0.435 e. The van der Waals surface area contributed by atoms with Crippen molar-refractivity contribution in [2.24, 2.45) is 0 Å². The standard InChI is InChI=1S/C35H36N6O2/c1-5-31(42)39-17-19-40(20-18-39)34-27-14-16-41(30-12-8-10-25-9-6-7-11-26(25)30)22-29(27)28(21-36)35(38-34)43-33-24(4)13-15-37-32(33)23(2)3/h5-13,15,23H,1,14,16-20,22H2,2-4H3. The smallest absolute Gasteiger partial charge is 0.246 e. The van der Waals surface area contributed by atoms with Crippen LogP contribution in [0.5, 0.6) is 11.6 Å². The monoisotopic (exact) mass is 572 g/mol. The van der Waals surface area contributed by atoms with Crippen LogP contribution in [0.1, 0.15) is 47.7 Å². The van der Waals surface area contributed by atoms with Crippen LogP contribution in [0.4, 0.5) is 11.5 Å². The minimum atomic E-state index is -0.0579. The molecule has 8 heteroatoms. The van der Waals surface area contributed by atoms with E-state index in [1.165, 1.54) is 16.8 Å². The molecule has 0 bridgehead atoms. The van der Waals surface area contributed by atoms with E-state index < -0.39 is 0 Å². The highest BCUT2D eigenvalue weighted by atomic mass is 16.5. The number of piperazine rings is 1. The molecule has 0 unspecified atom stereocenters. The zero-order valence-electron chi connectivity index (χ0n) is 25.0. The Morgan fingerprint density at radius 2 is 1.79 bits per heavy atom. The molecule has 1 fully saturated rings. The summed E-state index contributed by atoms with van der Waals surface area (Å²) >= 11 is 0. The zero-order chi connectivity index (χ0) is 30.1. The molecular formula is C35H36N6O2. The molecular weight excluding hydrogens is 536 g/mol. The molecule has 4 aromatic rings. The largest absolute Gasteiger partial charge is 0.435 e. The lowest BCUT2D eigenvalue weighted by Gasteiger charge is -2.39. The third-order valence-electron chi connectivity index (χ3n) is 8.50. The fourth-order valence-electron chi connectivity index (χ4n) is 6.20. The van der Waals surface area contributed by atoms with Gasteiger partial charge in [0.25, 0.3) is 0 Å². The molecule has 2 aliphatic rings. The zero-order valence-corrected chi connectivity index (χ0v) is 25.0. The van der Waals surface area contributed by atoms with E-state index in [2.05, 4.69) is 83.7 Å². The lowest BCUT2D eigenvalue weighted by Crippen LogP contribution is -2.49. The van der Waals surface area contributed by atoms with Gasteiger partial charge in [0.1, 0.15) is 17.5 Å². The van der Waals surface area contributed by atoms with Crippen molar-refractivity contribution in [2.45, 2.75) is 39.7 Å². The summed E-state index contributed by atoms with van der Waals surface area (Å²) < 4.78 is 6.59. The van der Waals surface area contributed by atoms with E-state index in [9.17, 15) is 10.1 Å². The van der Waals surface area contributed by atoms with Gasteiger partial charge in [0.2, 0.25) is 11.8 Å². The number of carbonyl (C=O) groups is 1. The van der Waals surface area contributed by atoms with Crippen LogP contribution in [0.25, 0.3) is 10.8 Å². The number of ether oxygens (including phenoxy) is 1. The van der Waals surface area contributed by atoms with Crippen molar-refractivity contribution in [3.8, 4) is 17.7 Å². The van der Waals surface area contributed by atoms with Gasteiger partial charge in [0.05, 0.1) is 5.69 Å². The predicted octanol–water partition coefficient (Wildman–Crippen LogP) is 6.12. The van der Waals surface area contributed by atoms with E-state index in [0.717, 1.165) is 46.9 Å². The number of anilines is 2. The Labute approximate surface area is 252 Å². The maximum absolute atomic E-state index is 12.3. The summed E-state index contributed by atoms with van der Waals surface area (Å²) in [6, 6.07) is 19.2. The fourth-order valence-corrected chi connectivity index (χ4v) is 6.20. The first kappa shape index (κ1) is 28.2. The van der Waals surface area contributed by atoms with Crippen molar-refractivity contribution >= 4 is 28.2 Å². The summed E-state index contributed by atoms with van der Waals surface area (Å²) in [5.74, 6) is 1.86. The number of rotatable bonds is 6. The van der Waals surface area contributed by atoms with Gasteiger partial charge in [-0.25, -0.2) is 0 Å². The first-order chi connectivity index (χ1) is 20.9. The molecule has 218 valence electrons. The van der Waals surface area contributed by atoms with Gasteiger partial charge in [-0.3, -0.25) is 9.78 Å². The summed E-state index contributed by atoms with van der Waals surface area (Å²) in [5, 5.41) is 13.0. The van der Waals surface area contributed by atoms with Crippen LogP contribution in [-0.4, -0.2) is 53.5 Å². The van der Waals surface area contributed by atoms with E-state index >= 15 is 0 Å². The van der Waals surface area contributed by atoms with E-state index in [-0.39, 0.29) is 11.8 Å². The Morgan fingerprint density at radius 3 is 2.53 bits per heavy atom. The number of amides is 1. The van der Waals surface area contributed by atoms with Gasteiger partial charge < -0.3 is 19.4 Å². The summed E-state index contributed by atoms with van der Waals surface area (Å²) in [7, 11) is 0. The maximum atomic E-state index is 12.3. The maximum Gasteiger partial charge on any atom is 0.246 e. The van der Waals surface area contributed by atoms with Crippen LogP contribution in [-0.2, 0) is 17.8 Å². The van der Waals surface area contributed by atoms with E-state index in [1.807, 2.05) is 17.9 Å². The summed E-state index contributed by atoms with van der Waals surface area (Å²) in [4.78, 5) is 28.3. The fraction of sp³-hybridized carbons (Fsp3) is 0.314. The molecule has 2 aromatic carbocycles. The van der Waals surface area contributed by atoms with E-state index in [1.54, 1.807) is 6.20 Å². The third-order valence-corrected chi connectivity index (χ3v) is 8.50. The van der Waals surface area contributed by atoms with Gasteiger partial charge in [-0.1, -0.05) is 56.8 Å². The Kier molecular flexibility index (Phi) is 7.73. The van der Waals surface area contributed by atoms with Gasteiger partial charge in [0, 0.05) is 67.7 Å². The predicted molar refractivity (Wildman–Crippen MR) is 170 cm³/mol. The Morgan fingerprint density at radius 1 is 1.02 bits per heavy atom. The second kappa shape index (κ2) is 11.8. The van der Waals surface area contributed by atoms with Crippen molar-refractivity contribution in [3.63, 3.8) is 0 Å². The Balaban J connectivity index is 1.46. The van der Waals surface area contributed by atoms with Gasteiger partial charge in [-0.15, -0.1) is 0 Å². The first-order valence-electron chi connectivity index (χ1n) is 14.9.